The zero-order valence-electron chi connectivity index (χ0n) is 13.0. The second kappa shape index (κ2) is 5.65. The van der Waals surface area contributed by atoms with E-state index in [-0.39, 0.29) is 5.69 Å². The van der Waals surface area contributed by atoms with Crippen molar-refractivity contribution in [3.8, 4) is 11.1 Å². The third-order valence-electron chi connectivity index (χ3n) is 3.87. The number of fused-ring (bicyclic) bond motifs is 1. The first-order chi connectivity index (χ1) is 11.0. The van der Waals surface area contributed by atoms with E-state index in [9.17, 15) is 10.1 Å². The number of hydrogen-bond donors (Lipinski definition) is 0. The number of pyridine rings is 1. The summed E-state index contributed by atoms with van der Waals surface area (Å²) in [7, 11) is 0. The number of nitrogens with zero attached hydrogens (tertiary/aromatic N) is 2. The van der Waals surface area contributed by atoms with Crippen LogP contribution in [0.25, 0.3) is 27.5 Å². The summed E-state index contributed by atoms with van der Waals surface area (Å²) in [5.41, 5.74) is 4.59. The molecule has 2 aromatic carbocycles. The van der Waals surface area contributed by atoms with Gasteiger partial charge in [-0.25, -0.2) is 0 Å². The fraction of sp³-hybridized carbons (Fsp3) is 0.105. The lowest BCUT2D eigenvalue weighted by atomic mass is 9.93. The van der Waals surface area contributed by atoms with Crippen molar-refractivity contribution in [3.05, 3.63) is 76.6 Å². The smallest absolute Gasteiger partial charge is 0.258 e. The maximum Gasteiger partial charge on any atom is 0.269 e. The minimum absolute atomic E-state index is 0.0787. The second-order valence-electron chi connectivity index (χ2n) is 5.55. The maximum atomic E-state index is 10.9. The predicted octanol–water partition coefficient (Wildman–Crippen LogP) is 5.15. The van der Waals surface area contributed by atoms with Gasteiger partial charge < -0.3 is 0 Å². The van der Waals surface area contributed by atoms with Crippen LogP contribution in [-0.4, -0.2) is 9.91 Å². The lowest BCUT2D eigenvalue weighted by Crippen LogP contribution is -1.97. The minimum atomic E-state index is -0.394. The fourth-order valence-corrected chi connectivity index (χ4v) is 2.78. The highest BCUT2D eigenvalue weighted by atomic mass is 16.6. The summed E-state index contributed by atoms with van der Waals surface area (Å²) in [6.07, 6.45) is 0. The number of benzene rings is 2. The molecule has 4 nitrogen and oxygen atoms in total. The maximum absolute atomic E-state index is 10.9. The standard InChI is InChI=1S/C19H16N2O2/c1-12(2)19-18(14-8-10-15(11-9-14)21(22)23)17-7-5-4-6-16(17)13(3)20-19/h4-11H,1H2,2-3H3. The first kappa shape index (κ1) is 14.9. The first-order valence-electron chi connectivity index (χ1n) is 7.29. The second-order valence-corrected chi connectivity index (χ2v) is 5.55. The third kappa shape index (κ3) is 2.59. The Balaban J connectivity index is 2.34. The van der Waals surface area contributed by atoms with Gasteiger partial charge in [0.1, 0.15) is 0 Å². The molecule has 0 fully saturated rings. The van der Waals surface area contributed by atoms with Gasteiger partial charge in [0.15, 0.2) is 0 Å². The molecule has 0 radical (unpaired) electrons. The summed E-state index contributed by atoms with van der Waals surface area (Å²) in [5, 5.41) is 13.0. The summed E-state index contributed by atoms with van der Waals surface area (Å²) in [4.78, 5) is 15.2. The number of rotatable bonds is 3. The van der Waals surface area contributed by atoms with Gasteiger partial charge in [-0.05, 0) is 42.5 Å². The summed E-state index contributed by atoms with van der Waals surface area (Å²) >= 11 is 0. The molecule has 0 saturated heterocycles. The molecule has 0 N–H and O–H groups in total. The fourth-order valence-electron chi connectivity index (χ4n) is 2.78. The van der Waals surface area contributed by atoms with Crippen molar-refractivity contribution in [1.82, 2.24) is 4.98 Å². The van der Waals surface area contributed by atoms with Gasteiger partial charge in [0.2, 0.25) is 0 Å². The summed E-state index contributed by atoms with van der Waals surface area (Å²) in [6, 6.07) is 14.6. The molecule has 3 rings (SSSR count). The van der Waals surface area contributed by atoms with E-state index in [1.165, 1.54) is 12.1 Å². The van der Waals surface area contributed by atoms with Gasteiger partial charge in [-0.2, -0.15) is 0 Å². The van der Waals surface area contributed by atoms with Gasteiger partial charge in [0.25, 0.3) is 5.69 Å². The Labute approximate surface area is 134 Å². The quantitative estimate of drug-likeness (QED) is 0.496. The van der Waals surface area contributed by atoms with Crippen molar-refractivity contribution in [2.75, 3.05) is 0 Å². The molecule has 0 atom stereocenters. The van der Waals surface area contributed by atoms with E-state index in [1.54, 1.807) is 12.1 Å². The van der Waals surface area contributed by atoms with Crippen molar-refractivity contribution in [2.24, 2.45) is 0 Å². The zero-order chi connectivity index (χ0) is 16.6. The Kier molecular flexibility index (Phi) is 3.66. The number of nitro benzene ring substituents is 1. The zero-order valence-corrected chi connectivity index (χ0v) is 13.0. The van der Waals surface area contributed by atoms with Gasteiger partial charge in [0, 0.05) is 28.8 Å². The van der Waals surface area contributed by atoms with Crippen molar-refractivity contribution >= 4 is 22.0 Å². The molecule has 0 amide bonds. The number of hydrogen-bond acceptors (Lipinski definition) is 3. The highest BCUT2D eigenvalue weighted by molar-refractivity contribution is 6.01. The molecule has 0 saturated carbocycles. The number of non-ortho nitro benzene ring substituents is 1. The number of aryl methyl sites for hydroxylation is 1. The molecule has 4 heteroatoms. The molecule has 1 aromatic heterocycles. The Morgan fingerprint density at radius 2 is 1.70 bits per heavy atom. The minimum Gasteiger partial charge on any atom is -0.258 e. The van der Waals surface area contributed by atoms with Crippen LogP contribution in [0.4, 0.5) is 5.69 Å². The van der Waals surface area contributed by atoms with E-state index in [0.29, 0.717) is 0 Å². The Hall–Kier alpha value is -3.01. The molecule has 0 bridgehead atoms. The molecular formula is C19H16N2O2. The van der Waals surface area contributed by atoms with E-state index < -0.39 is 4.92 Å². The SMILES string of the molecule is C=C(C)c1nc(C)c2ccccc2c1-c1ccc([N+](=O)[O-])cc1. The average molecular weight is 304 g/mol. The molecule has 0 unspecified atom stereocenters. The summed E-state index contributed by atoms with van der Waals surface area (Å²) in [5.74, 6) is 0. The molecule has 0 aliphatic carbocycles. The molecule has 0 aliphatic heterocycles. The van der Waals surface area contributed by atoms with Crippen LogP contribution in [0.3, 0.4) is 0 Å². The van der Waals surface area contributed by atoms with Gasteiger partial charge in [-0.15, -0.1) is 0 Å². The normalized spacial score (nSPS) is 10.7. The van der Waals surface area contributed by atoms with Crippen LogP contribution in [0.2, 0.25) is 0 Å². The van der Waals surface area contributed by atoms with Crippen molar-refractivity contribution in [3.63, 3.8) is 0 Å². The first-order valence-corrected chi connectivity index (χ1v) is 7.29. The third-order valence-corrected chi connectivity index (χ3v) is 3.87. The molecule has 0 spiro atoms. The van der Waals surface area contributed by atoms with Gasteiger partial charge >= 0.3 is 0 Å². The molecule has 23 heavy (non-hydrogen) atoms. The molecule has 1 heterocycles. The van der Waals surface area contributed by atoms with Crippen LogP contribution in [0.1, 0.15) is 18.3 Å². The molecular weight excluding hydrogens is 288 g/mol. The average Bonchev–Trinajstić information content (AvgIpc) is 2.55. The van der Waals surface area contributed by atoms with Crippen LogP contribution >= 0.6 is 0 Å². The largest absolute Gasteiger partial charge is 0.269 e. The highest BCUT2D eigenvalue weighted by Crippen LogP contribution is 2.35. The van der Waals surface area contributed by atoms with E-state index >= 15 is 0 Å². The molecule has 114 valence electrons. The monoisotopic (exact) mass is 304 g/mol. The molecule has 3 aromatic rings. The van der Waals surface area contributed by atoms with Crippen molar-refractivity contribution in [2.45, 2.75) is 13.8 Å². The Bertz CT molecular complexity index is 928. The van der Waals surface area contributed by atoms with Crippen molar-refractivity contribution in [1.29, 1.82) is 0 Å². The lowest BCUT2D eigenvalue weighted by Gasteiger charge is -2.14. The van der Waals surface area contributed by atoms with Gasteiger partial charge in [0.05, 0.1) is 10.6 Å². The van der Waals surface area contributed by atoms with Gasteiger partial charge in [-0.3, -0.25) is 15.1 Å². The van der Waals surface area contributed by atoms with E-state index in [1.807, 2.05) is 38.1 Å². The molecule has 0 aliphatic rings. The highest BCUT2D eigenvalue weighted by Gasteiger charge is 2.15. The van der Waals surface area contributed by atoms with Crippen molar-refractivity contribution < 1.29 is 4.92 Å². The topological polar surface area (TPSA) is 56.0 Å². The summed E-state index contributed by atoms with van der Waals surface area (Å²) in [6.45, 7) is 7.94. The van der Waals surface area contributed by atoms with Crippen LogP contribution < -0.4 is 0 Å². The van der Waals surface area contributed by atoms with Crippen LogP contribution in [0.5, 0.6) is 0 Å². The lowest BCUT2D eigenvalue weighted by molar-refractivity contribution is -0.384. The number of aromatic nitrogens is 1. The van der Waals surface area contributed by atoms with E-state index in [4.69, 9.17) is 4.98 Å². The van der Waals surface area contributed by atoms with E-state index in [0.717, 1.165) is 38.9 Å². The predicted molar refractivity (Wildman–Crippen MR) is 93.3 cm³/mol. The van der Waals surface area contributed by atoms with E-state index in [2.05, 4.69) is 6.58 Å². The van der Waals surface area contributed by atoms with Gasteiger partial charge in [-0.1, -0.05) is 30.8 Å². The van der Waals surface area contributed by atoms with Crippen LogP contribution in [0, 0.1) is 17.0 Å². The number of allylic oxidation sites excluding steroid dienone is 1. The summed E-state index contributed by atoms with van der Waals surface area (Å²) < 4.78 is 0. The Morgan fingerprint density at radius 1 is 1.09 bits per heavy atom. The van der Waals surface area contributed by atoms with Crippen LogP contribution in [-0.2, 0) is 0 Å². The van der Waals surface area contributed by atoms with Crippen LogP contribution in [0.15, 0.2) is 55.1 Å². The Morgan fingerprint density at radius 3 is 2.26 bits per heavy atom. The number of nitro groups is 1.